The summed E-state index contributed by atoms with van der Waals surface area (Å²) < 4.78 is 0. The van der Waals surface area contributed by atoms with Gasteiger partial charge in [0.05, 0.1) is 0 Å². The van der Waals surface area contributed by atoms with Crippen LogP contribution in [0.5, 0.6) is 0 Å². The van der Waals surface area contributed by atoms with Crippen LogP contribution in [0.2, 0.25) is 0 Å². The van der Waals surface area contributed by atoms with Crippen molar-refractivity contribution >= 4 is 17.7 Å². The minimum Gasteiger partial charge on any atom is -0.357 e. The maximum absolute atomic E-state index is 4.27. The maximum atomic E-state index is 4.27. The van der Waals surface area contributed by atoms with Gasteiger partial charge in [0.1, 0.15) is 5.03 Å². The van der Waals surface area contributed by atoms with Gasteiger partial charge in [0, 0.05) is 18.5 Å². The highest BCUT2D eigenvalue weighted by molar-refractivity contribution is 7.99. The van der Waals surface area contributed by atoms with E-state index in [0.717, 1.165) is 5.03 Å². The van der Waals surface area contributed by atoms with E-state index in [9.17, 15) is 0 Å². The van der Waals surface area contributed by atoms with Crippen molar-refractivity contribution in [3.63, 3.8) is 0 Å². The summed E-state index contributed by atoms with van der Waals surface area (Å²) in [6.07, 6.45) is 1.77. The highest BCUT2D eigenvalue weighted by Gasteiger charge is 2.00. The van der Waals surface area contributed by atoms with E-state index in [1.54, 1.807) is 18.0 Å². The van der Waals surface area contributed by atoms with Crippen molar-refractivity contribution in [3.05, 3.63) is 12.3 Å². The topological polar surface area (TPSA) is 37.8 Å². The van der Waals surface area contributed by atoms with Crippen LogP contribution in [0.25, 0.3) is 0 Å². The quantitative estimate of drug-likeness (QED) is 0.574. The average Bonchev–Trinajstić information content (AvgIpc) is 2.03. The molecule has 0 fully saturated rings. The second-order valence-electron chi connectivity index (χ2n) is 2.64. The number of hydrogen-bond acceptors (Lipinski definition) is 4. The van der Waals surface area contributed by atoms with E-state index in [1.807, 2.05) is 13.1 Å². The first kappa shape index (κ1) is 9.32. The zero-order valence-electron chi connectivity index (χ0n) is 7.53. The van der Waals surface area contributed by atoms with Crippen LogP contribution >= 0.6 is 11.8 Å². The SMILES string of the molecule is CNc1nccc(SC(C)C)n1. The Labute approximate surface area is 77.0 Å². The van der Waals surface area contributed by atoms with E-state index in [1.165, 1.54) is 0 Å². The predicted molar refractivity (Wildman–Crippen MR) is 52.6 cm³/mol. The number of hydrogen-bond donors (Lipinski definition) is 1. The molecule has 0 atom stereocenters. The molecule has 12 heavy (non-hydrogen) atoms. The monoisotopic (exact) mass is 183 g/mol. The molecule has 1 aromatic rings. The number of anilines is 1. The molecule has 0 aliphatic heterocycles. The molecule has 0 spiro atoms. The Balaban J connectivity index is 2.72. The van der Waals surface area contributed by atoms with Gasteiger partial charge in [0.2, 0.25) is 5.95 Å². The molecular formula is C8H13N3S. The summed E-state index contributed by atoms with van der Waals surface area (Å²) in [5, 5.41) is 4.48. The number of thioether (sulfide) groups is 1. The second-order valence-corrected chi connectivity index (χ2v) is 4.23. The van der Waals surface area contributed by atoms with Gasteiger partial charge in [-0.05, 0) is 6.07 Å². The van der Waals surface area contributed by atoms with Crippen molar-refractivity contribution in [2.45, 2.75) is 24.1 Å². The van der Waals surface area contributed by atoms with Crippen LogP contribution in [0.3, 0.4) is 0 Å². The molecule has 66 valence electrons. The molecule has 3 nitrogen and oxygen atoms in total. The fourth-order valence-electron chi connectivity index (χ4n) is 0.770. The van der Waals surface area contributed by atoms with Crippen molar-refractivity contribution < 1.29 is 0 Å². The van der Waals surface area contributed by atoms with E-state index in [0.29, 0.717) is 11.2 Å². The summed E-state index contributed by atoms with van der Waals surface area (Å²) in [6, 6.07) is 1.92. The number of nitrogens with one attached hydrogen (secondary N) is 1. The number of nitrogens with zero attached hydrogens (tertiary/aromatic N) is 2. The summed E-state index contributed by atoms with van der Waals surface area (Å²) in [4.78, 5) is 8.30. The minimum atomic E-state index is 0.560. The van der Waals surface area contributed by atoms with Gasteiger partial charge < -0.3 is 5.32 Å². The molecule has 0 saturated heterocycles. The van der Waals surface area contributed by atoms with E-state index in [4.69, 9.17) is 0 Å². The van der Waals surface area contributed by atoms with E-state index < -0.39 is 0 Å². The van der Waals surface area contributed by atoms with Crippen LogP contribution in [0.1, 0.15) is 13.8 Å². The summed E-state index contributed by atoms with van der Waals surface area (Å²) in [5.74, 6) is 0.681. The first-order chi connectivity index (χ1) is 5.72. The molecule has 0 aromatic carbocycles. The third-order valence-electron chi connectivity index (χ3n) is 1.21. The highest BCUT2D eigenvalue weighted by Crippen LogP contribution is 2.20. The third-order valence-corrected chi connectivity index (χ3v) is 2.15. The Morgan fingerprint density at radius 2 is 2.25 bits per heavy atom. The molecule has 0 aliphatic carbocycles. The summed E-state index contributed by atoms with van der Waals surface area (Å²) in [6.45, 7) is 4.29. The van der Waals surface area contributed by atoms with Gasteiger partial charge in [-0.2, -0.15) is 0 Å². The lowest BCUT2D eigenvalue weighted by molar-refractivity contribution is 1.03. The molecule has 1 N–H and O–H groups in total. The maximum Gasteiger partial charge on any atom is 0.223 e. The van der Waals surface area contributed by atoms with Crippen molar-refractivity contribution in [1.82, 2.24) is 9.97 Å². The first-order valence-electron chi connectivity index (χ1n) is 3.90. The standard InChI is InChI=1S/C8H13N3S/c1-6(2)12-7-4-5-10-8(9-3)11-7/h4-6H,1-3H3,(H,9,10,11). The lowest BCUT2D eigenvalue weighted by atomic mass is 10.6. The lowest BCUT2D eigenvalue weighted by Crippen LogP contribution is -1.97. The molecule has 1 heterocycles. The third kappa shape index (κ3) is 2.70. The predicted octanol–water partition coefficient (Wildman–Crippen LogP) is 2.02. The van der Waals surface area contributed by atoms with E-state index in [2.05, 4.69) is 29.1 Å². The summed E-state index contributed by atoms with van der Waals surface area (Å²) in [5.41, 5.74) is 0. The molecule has 1 rings (SSSR count). The van der Waals surface area contributed by atoms with Crippen molar-refractivity contribution in [3.8, 4) is 0 Å². The molecule has 0 aliphatic rings. The second kappa shape index (κ2) is 4.30. The van der Waals surface area contributed by atoms with Crippen LogP contribution in [-0.4, -0.2) is 22.3 Å². The molecule has 0 amide bonds. The molecule has 0 unspecified atom stereocenters. The van der Waals surface area contributed by atoms with Gasteiger partial charge in [-0.25, -0.2) is 9.97 Å². The Hall–Kier alpha value is -0.770. The minimum absolute atomic E-state index is 0.560. The first-order valence-corrected chi connectivity index (χ1v) is 4.78. The van der Waals surface area contributed by atoms with Gasteiger partial charge in [-0.15, -0.1) is 11.8 Å². The number of aromatic nitrogens is 2. The Bertz CT molecular complexity index is 250. The Morgan fingerprint density at radius 1 is 1.50 bits per heavy atom. The van der Waals surface area contributed by atoms with Crippen molar-refractivity contribution in [2.24, 2.45) is 0 Å². The smallest absolute Gasteiger partial charge is 0.223 e. The average molecular weight is 183 g/mol. The molecular weight excluding hydrogens is 170 g/mol. The van der Waals surface area contributed by atoms with Gasteiger partial charge in [0.15, 0.2) is 0 Å². The Morgan fingerprint density at radius 3 is 2.83 bits per heavy atom. The fourth-order valence-corrected chi connectivity index (χ4v) is 1.53. The van der Waals surface area contributed by atoms with Gasteiger partial charge >= 0.3 is 0 Å². The van der Waals surface area contributed by atoms with E-state index in [-0.39, 0.29) is 0 Å². The van der Waals surface area contributed by atoms with Gasteiger partial charge in [-0.1, -0.05) is 13.8 Å². The molecule has 0 bridgehead atoms. The van der Waals surface area contributed by atoms with Crippen LogP contribution in [-0.2, 0) is 0 Å². The molecule has 0 radical (unpaired) electrons. The summed E-state index contributed by atoms with van der Waals surface area (Å²) >= 11 is 1.74. The van der Waals surface area contributed by atoms with Crippen LogP contribution in [0.15, 0.2) is 17.3 Å². The van der Waals surface area contributed by atoms with Crippen molar-refractivity contribution in [1.29, 1.82) is 0 Å². The lowest BCUT2D eigenvalue weighted by Gasteiger charge is -2.04. The highest BCUT2D eigenvalue weighted by atomic mass is 32.2. The number of rotatable bonds is 3. The fraction of sp³-hybridized carbons (Fsp3) is 0.500. The summed E-state index contributed by atoms with van der Waals surface area (Å²) in [7, 11) is 1.82. The van der Waals surface area contributed by atoms with Gasteiger partial charge in [0.25, 0.3) is 0 Å². The van der Waals surface area contributed by atoms with E-state index >= 15 is 0 Å². The Kier molecular flexibility index (Phi) is 3.34. The zero-order valence-corrected chi connectivity index (χ0v) is 8.35. The largest absolute Gasteiger partial charge is 0.357 e. The van der Waals surface area contributed by atoms with Crippen LogP contribution in [0, 0.1) is 0 Å². The zero-order chi connectivity index (χ0) is 8.97. The molecule has 0 saturated carbocycles. The van der Waals surface area contributed by atoms with Crippen molar-refractivity contribution in [2.75, 3.05) is 12.4 Å². The molecule has 4 heteroatoms. The van der Waals surface area contributed by atoms with Crippen LogP contribution in [0.4, 0.5) is 5.95 Å². The normalized spacial score (nSPS) is 10.3. The van der Waals surface area contributed by atoms with Crippen LogP contribution < -0.4 is 5.32 Å². The van der Waals surface area contributed by atoms with Gasteiger partial charge in [-0.3, -0.25) is 0 Å². The molecule has 1 aromatic heterocycles.